The van der Waals surface area contributed by atoms with Gasteiger partial charge in [0.1, 0.15) is 5.57 Å². The summed E-state index contributed by atoms with van der Waals surface area (Å²) >= 11 is 11.1. The maximum Gasteiger partial charge on any atom is 0.276 e. The fourth-order valence-corrected chi connectivity index (χ4v) is 3.04. The molecule has 28 heavy (non-hydrogen) atoms. The van der Waals surface area contributed by atoms with Gasteiger partial charge in [0.2, 0.25) is 0 Å². The maximum atomic E-state index is 12.8. The summed E-state index contributed by atoms with van der Waals surface area (Å²) in [6.45, 7) is 0. The van der Waals surface area contributed by atoms with E-state index in [1.165, 1.54) is 24.3 Å². The third-order valence-corrected chi connectivity index (χ3v) is 4.36. The van der Waals surface area contributed by atoms with E-state index in [1.807, 2.05) is 0 Å². The molecule has 0 saturated carbocycles. The molecule has 0 spiro atoms. The largest absolute Gasteiger partial charge is 0.298 e. The van der Waals surface area contributed by atoms with Crippen LogP contribution < -0.4 is 10.2 Å². The minimum atomic E-state index is -0.652. The Bertz CT molecular complexity index is 1060. The highest BCUT2D eigenvalue weighted by atomic mass is 35.5. The number of hydrogen-bond acceptors (Lipinski definition) is 5. The normalized spacial score (nSPS) is 16.0. The molecule has 0 aliphatic carbocycles. The van der Waals surface area contributed by atoms with Crippen molar-refractivity contribution in [2.75, 3.05) is 4.90 Å². The molecule has 9 heteroatoms. The van der Waals surface area contributed by atoms with Gasteiger partial charge in [0.05, 0.1) is 16.2 Å². The van der Waals surface area contributed by atoms with Crippen molar-refractivity contribution < 1.29 is 14.5 Å². The van der Waals surface area contributed by atoms with Gasteiger partial charge in [-0.2, -0.15) is 0 Å². The van der Waals surface area contributed by atoms with E-state index in [2.05, 4.69) is 5.32 Å². The van der Waals surface area contributed by atoms with Gasteiger partial charge in [0, 0.05) is 11.1 Å². The molecular weight excluding hydrogens is 402 g/mol. The lowest BCUT2D eigenvalue weighted by molar-refractivity contribution is -0.385. The summed E-state index contributed by atoms with van der Waals surface area (Å²) in [7, 11) is 0. The zero-order valence-corrected chi connectivity index (χ0v) is 15.7. The number of carbonyl (C=O) groups excluding carboxylic acids is 2. The summed E-state index contributed by atoms with van der Waals surface area (Å²) in [4.78, 5) is 36.7. The second kappa shape index (κ2) is 8.12. The molecule has 2 aromatic rings. The minimum absolute atomic E-state index is 0.0582. The summed E-state index contributed by atoms with van der Waals surface area (Å²) in [6, 6.07) is 12.6. The molecule has 7 nitrogen and oxygen atoms in total. The van der Waals surface area contributed by atoms with Crippen molar-refractivity contribution in [3.8, 4) is 0 Å². The smallest absolute Gasteiger partial charge is 0.276 e. The zero-order valence-electron chi connectivity index (χ0n) is 14.2. The first-order chi connectivity index (χ1) is 13.4. The third-order valence-electron chi connectivity index (χ3n) is 3.84. The lowest BCUT2D eigenvalue weighted by atomic mass is 10.1. The Morgan fingerprint density at radius 2 is 1.89 bits per heavy atom. The molecular formula is C19H12ClN3O4S. The molecule has 1 aliphatic rings. The summed E-state index contributed by atoms with van der Waals surface area (Å²) < 4.78 is 0. The number of allylic oxidation sites excluding steroid dienone is 2. The van der Waals surface area contributed by atoms with Gasteiger partial charge in [-0.1, -0.05) is 35.9 Å². The molecule has 1 fully saturated rings. The quantitative estimate of drug-likeness (QED) is 0.271. The fraction of sp³-hybridized carbons (Fsp3) is 0. The number of nitrogens with zero attached hydrogens (tertiary/aromatic N) is 2. The van der Waals surface area contributed by atoms with Crippen molar-refractivity contribution in [1.82, 2.24) is 5.32 Å². The number of nitrogens with one attached hydrogen (secondary N) is 1. The molecule has 1 saturated heterocycles. The molecule has 0 aromatic heterocycles. The van der Waals surface area contributed by atoms with Crippen molar-refractivity contribution in [2.45, 2.75) is 0 Å². The number of amides is 2. The van der Waals surface area contributed by atoms with Crippen LogP contribution in [0, 0.1) is 10.1 Å². The third kappa shape index (κ3) is 3.98. The Morgan fingerprint density at radius 1 is 1.14 bits per heavy atom. The predicted octanol–water partition coefficient (Wildman–Crippen LogP) is 3.64. The van der Waals surface area contributed by atoms with E-state index in [0.29, 0.717) is 16.3 Å². The van der Waals surface area contributed by atoms with Gasteiger partial charge in [0.25, 0.3) is 17.5 Å². The van der Waals surface area contributed by atoms with Gasteiger partial charge in [-0.25, -0.2) is 0 Å². The van der Waals surface area contributed by atoms with E-state index in [1.54, 1.807) is 42.5 Å². The van der Waals surface area contributed by atoms with Crippen molar-refractivity contribution in [3.63, 3.8) is 0 Å². The SMILES string of the molecule is O=C1NC(=S)N(c2cccc(Cl)c2)C(=O)/C1=C\C=C\c1ccccc1[N+](=O)[O-]. The second-order valence-electron chi connectivity index (χ2n) is 5.64. The Balaban J connectivity index is 1.93. The van der Waals surface area contributed by atoms with Gasteiger partial charge in [-0.05, 0) is 48.6 Å². The molecule has 0 bridgehead atoms. The highest BCUT2D eigenvalue weighted by Gasteiger charge is 2.34. The van der Waals surface area contributed by atoms with Gasteiger partial charge in [-0.3, -0.25) is 29.9 Å². The van der Waals surface area contributed by atoms with Gasteiger partial charge in [-0.15, -0.1) is 0 Å². The predicted molar refractivity (Wildman–Crippen MR) is 110 cm³/mol. The number of carbonyl (C=O) groups is 2. The molecule has 2 amide bonds. The van der Waals surface area contributed by atoms with Crippen molar-refractivity contribution in [1.29, 1.82) is 0 Å². The molecule has 3 rings (SSSR count). The monoisotopic (exact) mass is 413 g/mol. The molecule has 0 atom stereocenters. The number of hydrogen-bond donors (Lipinski definition) is 1. The summed E-state index contributed by atoms with van der Waals surface area (Å²) in [6.07, 6.45) is 4.13. The molecule has 1 heterocycles. The molecule has 140 valence electrons. The topological polar surface area (TPSA) is 92.6 Å². The van der Waals surface area contributed by atoms with Crippen molar-refractivity contribution >= 4 is 58.2 Å². The number of nitro groups is 1. The van der Waals surface area contributed by atoms with Crippen LogP contribution in [0.15, 0.2) is 66.3 Å². The van der Waals surface area contributed by atoms with E-state index in [0.717, 1.165) is 4.90 Å². The fourth-order valence-electron chi connectivity index (χ4n) is 2.57. The number of nitro benzene ring substituents is 1. The highest BCUT2D eigenvalue weighted by Crippen LogP contribution is 2.24. The Kier molecular flexibility index (Phi) is 5.62. The van der Waals surface area contributed by atoms with Crippen LogP contribution in [0.4, 0.5) is 11.4 Å². The van der Waals surface area contributed by atoms with Crippen LogP contribution in [0.3, 0.4) is 0 Å². The Labute approximate surface area is 170 Å². The van der Waals surface area contributed by atoms with Crippen LogP contribution in [0.5, 0.6) is 0 Å². The first kappa shape index (κ1) is 19.4. The molecule has 0 unspecified atom stereocenters. The van der Waals surface area contributed by atoms with Crippen LogP contribution in [-0.4, -0.2) is 21.9 Å². The highest BCUT2D eigenvalue weighted by molar-refractivity contribution is 7.80. The van der Waals surface area contributed by atoms with Crippen LogP contribution >= 0.6 is 23.8 Å². The van der Waals surface area contributed by atoms with Gasteiger partial charge in [0.15, 0.2) is 5.11 Å². The second-order valence-corrected chi connectivity index (χ2v) is 6.46. The van der Waals surface area contributed by atoms with Crippen LogP contribution in [0.2, 0.25) is 5.02 Å². The van der Waals surface area contributed by atoms with E-state index >= 15 is 0 Å². The summed E-state index contributed by atoms with van der Waals surface area (Å²) in [5.41, 5.74) is 0.507. The minimum Gasteiger partial charge on any atom is -0.298 e. The maximum absolute atomic E-state index is 12.8. The number of anilines is 1. The van der Waals surface area contributed by atoms with E-state index < -0.39 is 16.7 Å². The summed E-state index contributed by atoms with van der Waals surface area (Å²) in [5, 5.41) is 13.9. The lowest BCUT2D eigenvalue weighted by Gasteiger charge is -2.28. The average Bonchev–Trinajstić information content (AvgIpc) is 2.64. The number of benzene rings is 2. The molecule has 2 aromatic carbocycles. The number of rotatable bonds is 4. The number of halogens is 1. The molecule has 0 radical (unpaired) electrons. The van der Waals surface area contributed by atoms with Crippen LogP contribution in [0.1, 0.15) is 5.56 Å². The molecule has 1 N–H and O–H groups in total. The standard InChI is InChI=1S/C19H12ClN3O4S/c20-13-7-4-8-14(11-13)22-18(25)15(17(24)21-19(22)28)9-3-6-12-5-1-2-10-16(12)23(26)27/h1-11H,(H,21,24,28)/b6-3+,15-9-. The molecule has 1 aliphatic heterocycles. The average molecular weight is 414 g/mol. The number of para-hydroxylation sites is 1. The van der Waals surface area contributed by atoms with Crippen LogP contribution in [-0.2, 0) is 9.59 Å². The van der Waals surface area contributed by atoms with E-state index in [-0.39, 0.29) is 16.4 Å². The zero-order chi connectivity index (χ0) is 20.3. The summed E-state index contributed by atoms with van der Waals surface area (Å²) in [5.74, 6) is -1.27. The first-order valence-corrected chi connectivity index (χ1v) is 8.74. The Hall–Kier alpha value is -3.36. The van der Waals surface area contributed by atoms with E-state index in [9.17, 15) is 19.7 Å². The Morgan fingerprint density at radius 3 is 2.61 bits per heavy atom. The van der Waals surface area contributed by atoms with Gasteiger partial charge >= 0.3 is 0 Å². The first-order valence-electron chi connectivity index (χ1n) is 7.95. The lowest BCUT2D eigenvalue weighted by Crippen LogP contribution is -2.54. The van der Waals surface area contributed by atoms with Crippen LogP contribution in [0.25, 0.3) is 6.08 Å². The van der Waals surface area contributed by atoms with Gasteiger partial charge < -0.3 is 0 Å². The van der Waals surface area contributed by atoms with E-state index in [4.69, 9.17) is 23.8 Å². The van der Waals surface area contributed by atoms with Crippen molar-refractivity contribution in [3.05, 3.63) is 87.0 Å². The number of thiocarbonyl (C=S) groups is 1. The van der Waals surface area contributed by atoms with Crippen molar-refractivity contribution in [2.24, 2.45) is 0 Å².